The molecule has 0 aliphatic carbocycles. The molecule has 1 aromatic heterocycles. The number of guanidine groups is 1. The van der Waals surface area contributed by atoms with E-state index < -0.39 is 0 Å². The Bertz CT molecular complexity index is 714. The molecule has 0 saturated carbocycles. The topological polar surface area (TPSA) is 81.8 Å². The lowest BCUT2D eigenvalue weighted by molar-refractivity contribution is -0.127. The quantitative estimate of drug-likeness (QED) is 0.236. The number of aromatic nitrogens is 1. The summed E-state index contributed by atoms with van der Waals surface area (Å²) in [6.45, 7) is 2.04. The third-order valence-electron chi connectivity index (χ3n) is 3.83. The molecule has 0 aliphatic rings. The van der Waals surface area contributed by atoms with Crippen LogP contribution in [0.25, 0.3) is 10.9 Å². The number of carbonyl (C=O) groups is 1. The summed E-state index contributed by atoms with van der Waals surface area (Å²) in [7, 11) is 5.10. The molecule has 0 unspecified atom stereocenters. The molecule has 3 N–H and O–H groups in total. The van der Waals surface area contributed by atoms with Crippen LogP contribution in [0.4, 0.5) is 0 Å². The Morgan fingerprint density at radius 2 is 1.96 bits per heavy atom. The van der Waals surface area contributed by atoms with Crippen molar-refractivity contribution >= 4 is 46.7 Å². The number of aromatic amines is 1. The number of aliphatic imine (C=N–C) groups is 1. The SMILES string of the molecule is COCCNC(=NCC(=O)N(C)C)NCCc1c[nH]c2ccccc12.I. The Morgan fingerprint density at radius 1 is 1.23 bits per heavy atom. The number of halogens is 1. The molecule has 1 amide bonds. The first kappa shape index (κ1) is 22.2. The van der Waals surface area contributed by atoms with Crippen LogP contribution in [0, 0.1) is 0 Å². The summed E-state index contributed by atoms with van der Waals surface area (Å²) >= 11 is 0. The second kappa shape index (κ2) is 11.7. The van der Waals surface area contributed by atoms with Crippen molar-refractivity contribution in [1.82, 2.24) is 20.5 Å². The second-order valence-electron chi connectivity index (χ2n) is 5.91. The van der Waals surface area contributed by atoms with Gasteiger partial charge < -0.3 is 25.3 Å². The number of fused-ring (bicyclic) bond motifs is 1. The van der Waals surface area contributed by atoms with Crippen LogP contribution in [0.15, 0.2) is 35.5 Å². The zero-order valence-electron chi connectivity index (χ0n) is 15.5. The van der Waals surface area contributed by atoms with E-state index in [1.807, 2.05) is 18.3 Å². The molecule has 144 valence electrons. The van der Waals surface area contributed by atoms with Crippen LogP contribution in [0.3, 0.4) is 0 Å². The lowest BCUT2D eigenvalue weighted by Crippen LogP contribution is -2.40. The Morgan fingerprint density at radius 3 is 2.69 bits per heavy atom. The summed E-state index contributed by atoms with van der Waals surface area (Å²) in [6, 6.07) is 8.24. The number of nitrogens with one attached hydrogen (secondary N) is 3. The van der Waals surface area contributed by atoms with Gasteiger partial charge in [-0.25, -0.2) is 4.99 Å². The van der Waals surface area contributed by atoms with Crippen LogP contribution in [0.1, 0.15) is 5.56 Å². The summed E-state index contributed by atoms with van der Waals surface area (Å²) in [5.41, 5.74) is 2.39. The zero-order chi connectivity index (χ0) is 18.1. The van der Waals surface area contributed by atoms with Gasteiger partial charge in [-0.15, -0.1) is 24.0 Å². The van der Waals surface area contributed by atoms with Gasteiger partial charge in [-0.05, 0) is 18.1 Å². The highest BCUT2D eigenvalue weighted by atomic mass is 127. The van der Waals surface area contributed by atoms with E-state index in [-0.39, 0.29) is 36.4 Å². The van der Waals surface area contributed by atoms with Gasteiger partial charge in [0.05, 0.1) is 6.61 Å². The zero-order valence-corrected chi connectivity index (χ0v) is 17.9. The van der Waals surface area contributed by atoms with Crippen molar-refractivity contribution in [2.24, 2.45) is 4.99 Å². The van der Waals surface area contributed by atoms with E-state index in [2.05, 4.69) is 32.7 Å². The number of methoxy groups -OCH3 is 1. The van der Waals surface area contributed by atoms with E-state index in [0.717, 1.165) is 18.5 Å². The Hall–Kier alpha value is -1.81. The Balaban J connectivity index is 0.00000338. The maximum atomic E-state index is 11.7. The molecule has 1 heterocycles. The van der Waals surface area contributed by atoms with Crippen LogP contribution in [-0.4, -0.2) is 69.2 Å². The van der Waals surface area contributed by atoms with Gasteiger partial charge in [-0.3, -0.25) is 4.79 Å². The molecule has 0 bridgehead atoms. The molecule has 0 saturated heterocycles. The highest BCUT2D eigenvalue weighted by Gasteiger charge is 2.06. The third kappa shape index (κ3) is 6.83. The smallest absolute Gasteiger partial charge is 0.243 e. The van der Waals surface area contributed by atoms with Gasteiger partial charge >= 0.3 is 0 Å². The van der Waals surface area contributed by atoms with E-state index >= 15 is 0 Å². The lowest BCUT2D eigenvalue weighted by atomic mass is 10.1. The average Bonchev–Trinajstić information content (AvgIpc) is 3.02. The van der Waals surface area contributed by atoms with Gasteiger partial charge in [0.1, 0.15) is 6.54 Å². The molecule has 0 atom stereocenters. The highest BCUT2D eigenvalue weighted by Crippen LogP contribution is 2.17. The molecule has 0 spiro atoms. The number of carbonyl (C=O) groups excluding carboxylic acids is 1. The molecule has 0 radical (unpaired) electrons. The number of hydrogen-bond acceptors (Lipinski definition) is 3. The number of rotatable bonds is 8. The molecule has 26 heavy (non-hydrogen) atoms. The maximum Gasteiger partial charge on any atom is 0.243 e. The van der Waals surface area contributed by atoms with Crippen LogP contribution >= 0.6 is 24.0 Å². The molecule has 0 fully saturated rings. The maximum absolute atomic E-state index is 11.7. The Labute approximate surface area is 171 Å². The fraction of sp³-hybridized carbons (Fsp3) is 0.444. The molecule has 1 aromatic carbocycles. The van der Waals surface area contributed by atoms with Crippen molar-refractivity contribution in [2.75, 3.05) is 47.4 Å². The normalized spacial score (nSPS) is 11.1. The first-order valence-corrected chi connectivity index (χ1v) is 8.38. The molecular formula is C18H28IN5O2. The minimum atomic E-state index is -0.0375. The monoisotopic (exact) mass is 473 g/mol. The number of amides is 1. The third-order valence-corrected chi connectivity index (χ3v) is 3.83. The number of H-pyrrole nitrogens is 1. The van der Waals surface area contributed by atoms with E-state index in [9.17, 15) is 4.79 Å². The van der Waals surface area contributed by atoms with Crippen molar-refractivity contribution in [2.45, 2.75) is 6.42 Å². The minimum absolute atomic E-state index is 0. The van der Waals surface area contributed by atoms with Crippen LogP contribution in [0.2, 0.25) is 0 Å². The minimum Gasteiger partial charge on any atom is -0.383 e. The van der Waals surface area contributed by atoms with Gasteiger partial charge in [0.15, 0.2) is 5.96 Å². The number of hydrogen-bond donors (Lipinski definition) is 3. The first-order chi connectivity index (χ1) is 12.1. The molecule has 2 rings (SSSR count). The van der Waals surface area contributed by atoms with Gasteiger partial charge in [0.25, 0.3) is 0 Å². The highest BCUT2D eigenvalue weighted by molar-refractivity contribution is 14.0. The number of nitrogens with zero attached hydrogens (tertiary/aromatic N) is 2. The number of para-hydroxylation sites is 1. The second-order valence-corrected chi connectivity index (χ2v) is 5.91. The van der Waals surface area contributed by atoms with E-state index in [0.29, 0.717) is 19.1 Å². The summed E-state index contributed by atoms with van der Waals surface area (Å²) in [6.07, 6.45) is 2.90. The number of likely N-dealkylation sites (N-methyl/N-ethyl adjacent to an activating group) is 1. The van der Waals surface area contributed by atoms with Crippen LogP contribution in [-0.2, 0) is 16.0 Å². The lowest BCUT2D eigenvalue weighted by Gasteiger charge is -2.13. The standard InChI is InChI=1S/C18H27N5O2.HI/c1-23(2)17(24)13-22-18(20-10-11-25-3)19-9-8-14-12-21-16-7-5-4-6-15(14)16;/h4-7,12,21H,8-11,13H2,1-3H3,(H2,19,20,22);1H. The Kier molecular flexibility index (Phi) is 10.0. The van der Waals surface area contributed by atoms with E-state index in [1.54, 1.807) is 21.2 Å². The van der Waals surface area contributed by atoms with Gasteiger partial charge in [-0.1, -0.05) is 18.2 Å². The van der Waals surface area contributed by atoms with E-state index in [1.165, 1.54) is 15.8 Å². The predicted octanol–water partition coefficient (Wildman–Crippen LogP) is 1.60. The van der Waals surface area contributed by atoms with Gasteiger partial charge in [0, 0.05) is 51.4 Å². The summed E-state index contributed by atoms with van der Waals surface area (Å²) in [5, 5.41) is 7.68. The molecular weight excluding hydrogens is 445 g/mol. The molecule has 7 nitrogen and oxygen atoms in total. The molecule has 0 aliphatic heterocycles. The predicted molar refractivity (Wildman–Crippen MR) is 116 cm³/mol. The first-order valence-electron chi connectivity index (χ1n) is 8.38. The molecule has 2 aromatic rings. The van der Waals surface area contributed by atoms with Crippen molar-refractivity contribution in [3.63, 3.8) is 0 Å². The van der Waals surface area contributed by atoms with Crippen LogP contribution in [0.5, 0.6) is 0 Å². The van der Waals surface area contributed by atoms with Gasteiger partial charge in [0.2, 0.25) is 5.91 Å². The molecule has 8 heteroatoms. The summed E-state index contributed by atoms with van der Waals surface area (Å²) in [5.74, 6) is 0.580. The fourth-order valence-electron chi connectivity index (χ4n) is 2.39. The number of benzene rings is 1. The summed E-state index contributed by atoms with van der Waals surface area (Å²) < 4.78 is 5.04. The number of ether oxygens (including phenoxy) is 1. The van der Waals surface area contributed by atoms with E-state index in [4.69, 9.17) is 4.74 Å². The van der Waals surface area contributed by atoms with Crippen molar-refractivity contribution < 1.29 is 9.53 Å². The largest absolute Gasteiger partial charge is 0.383 e. The van der Waals surface area contributed by atoms with Crippen LogP contribution < -0.4 is 10.6 Å². The average molecular weight is 473 g/mol. The van der Waals surface area contributed by atoms with Gasteiger partial charge in [-0.2, -0.15) is 0 Å². The van der Waals surface area contributed by atoms with Crippen molar-refractivity contribution in [3.8, 4) is 0 Å². The van der Waals surface area contributed by atoms with Crippen molar-refractivity contribution in [3.05, 3.63) is 36.0 Å². The fourth-order valence-corrected chi connectivity index (χ4v) is 2.39. The van der Waals surface area contributed by atoms with Crippen molar-refractivity contribution in [1.29, 1.82) is 0 Å². The summed E-state index contributed by atoms with van der Waals surface area (Å²) in [4.78, 5) is 20.9.